The second-order valence-corrected chi connectivity index (χ2v) is 7.99. The lowest BCUT2D eigenvalue weighted by Crippen LogP contribution is -2.48. The maximum absolute atomic E-state index is 12.5. The van der Waals surface area contributed by atoms with Crippen molar-refractivity contribution < 1.29 is 9.53 Å². The van der Waals surface area contributed by atoms with Crippen molar-refractivity contribution in [2.24, 2.45) is 0 Å². The van der Waals surface area contributed by atoms with E-state index >= 15 is 0 Å². The Hall–Kier alpha value is -1.75. The number of hydrogen-bond acceptors (Lipinski definition) is 3. The van der Waals surface area contributed by atoms with Gasteiger partial charge < -0.3 is 15.4 Å². The number of amides is 1. The molecule has 2 saturated heterocycles. The van der Waals surface area contributed by atoms with Gasteiger partial charge in [-0.15, -0.1) is 12.4 Å². The highest BCUT2D eigenvalue weighted by Crippen LogP contribution is 2.27. The van der Waals surface area contributed by atoms with Crippen molar-refractivity contribution in [1.29, 1.82) is 0 Å². The Morgan fingerprint density at radius 2 is 1.86 bits per heavy atom. The van der Waals surface area contributed by atoms with Crippen molar-refractivity contribution in [3.63, 3.8) is 0 Å². The Morgan fingerprint density at radius 3 is 2.61 bits per heavy atom. The maximum Gasteiger partial charge on any atom is 0.224 e. The Morgan fingerprint density at radius 1 is 1.11 bits per heavy atom. The molecule has 2 unspecified atom stereocenters. The minimum Gasteiger partial charge on any atom is -0.489 e. The minimum atomic E-state index is 0. The molecule has 2 fully saturated rings. The molecular weight excluding hydrogens is 395 g/mol. The quantitative estimate of drug-likeness (QED) is 0.732. The van der Waals surface area contributed by atoms with Gasteiger partial charge in [0.25, 0.3) is 0 Å². The van der Waals surface area contributed by atoms with Gasteiger partial charge in [0.05, 0.1) is 6.42 Å². The first kappa shape index (κ1) is 21.0. The van der Waals surface area contributed by atoms with Crippen LogP contribution in [0.1, 0.15) is 36.8 Å². The van der Waals surface area contributed by atoms with Gasteiger partial charge >= 0.3 is 0 Å². The van der Waals surface area contributed by atoms with Crippen LogP contribution < -0.4 is 15.4 Å². The van der Waals surface area contributed by atoms with Gasteiger partial charge in [-0.1, -0.05) is 41.9 Å². The van der Waals surface area contributed by atoms with Crippen LogP contribution in [0.25, 0.3) is 0 Å². The maximum atomic E-state index is 12.5. The van der Waals surface area contributed by atoms with Gasteiger partial charge in [0.15, 0.2) is 0 Å². The zero-order valence-electron chi connectivity index (χ0n) is 15.7. The topological polar surface area (TPSA) is 50.4 Å². The zero-order valence-corrected chi connectivity index (χ0v) is 17.3. The summed E-state index contributed by atoms with van der Waals surface area (Å²) in [5, 5.41) is 7.52. The van der Waals surface area contributed by atoms with Gasteiger partial charge in [0.1, 0.15) is 12.4 Å². The molecule has 0 saturated carbocycles. The molecule has 2 aromatic carbocycles. The number of nitrogens with one attached hydrogen (secondary N) is 2. The summed E-state index contributed by atoms with van der Waals surface area (Å²) in [6, 6.07) is 16.8. The molecule has 2 atom stereocenters. The lowest BCUT2D eigenvalue weighted by Gasteiger charge is -2.29. The van der Waals surface area contributed by atoms with Gasteiger partial charge in [-0.25, -0.2) is 0 Å². The zero-order chi connectivity index (χ0) is 18.6. The van der Waals surface area contributed by atoms with Gasteiger partial charge in [-0.2, -0.15) is 0 Å². The van der Waals surface area contributed by atoms with Crippen LogP contribution in [0.4, 0.5) is 0 Å². The fourth-order valence-electron chi connectivity index (χ4n) is 4.16. The van der Waals surface area contributed by atoms with Crippen LogP contribution in [0, 0.1) is 0 Å². The van der Waals surface area contributed by atoms with Crippen LogP contribution >= 0.6 is 24.0 Å². The molecule has 1 amide bonds. The first-order chi connectivity index (χ1) is 13.2. The molecule has 2 aliphatic rings. The van der Waals surface area contributed by atoms with E-state index in [1.807, 2.05) is 48.5 Å². The van der Waals surface area contributed by atoms with Crippen molar-refractivity contribution in [2.45, 2.75) is 56.8 Å². The van der Waals surface area contributed by atoms with Crippen molar-refractivity contribution in [3.05, 3.63) is 64.7 Å². The molecule has 2 N–H and O–H groups in total. The molecule has 0 radical (unpaired) electrons. The highest BCUT2D eigenvalue weighted by molar-refractivity contribution is 6.31. The van der Waals surface area contributed by atoms with E-state index in [4.69, 9.17) is 16.3 Å². The second kappa shape index (κ2) is 9.64. The van der Waals surface area contributed by atoms with Gasteiger partial charge in [0.2, 0.25) is 5.91 Å². The number of fused-ring (bicyclic) bond motifs is 2. The van der Waals surface area contributed by atoms with E-state index in [2.05, 4.69) is 10.6 Å². The Balaban J connectivity index is 0.00000225. The van der Waals surface area contributed by atoms with E-state index in [9.17, 15) is 4.79 Å². The smallest absolute Gasteiger partial charge is 0.224 e. The summed E-state index contributed by atoms with van der Waals surface area (Å²) >= 11 is 6.17. The van der Waals surface area contributed by atoms with Crippen molar-refractivity contribution in [2.75, 3.05) is 0 Å². The number of halogens is 2. The average Bonchev–Trinajstić information content (AvgIpc) is 2.99. The second-order valence-electron chi connectivity index (χ2n) is 7.58. The summed E-state index contributed by atoms with van der Waals surface area (Å²) in [4.78, 5) is 12.5. The molecular formula is C22H26Cl2N2O2. The molecule has 150 valence electrons. The van der Waals surface area contributed by atoms with Crippen molar-refractivity contribution >= 4 is 29.9 Å². The normalized spacial score (nSPS) is 23.0. The highest BCUT2D eigenvalue weighted by atomic mass is 35.5. The van der Waals surface area contributed by atoms with Crippen LogP contribution in [0.5, 0.6) is 5.75 Å². The van der Waals surface area contributed by atoms with Crippen LogP contribution in [0.3, 0.4) is 0 Å². The average molecular weight is 421 g/mol. The van der Waals surface area contributed by atoms with E-state index in [-0.39, 0.29) is 18.3 Å². The van der Waals surface area contributed by atoms with Crippen molar-refractivity contribution in [1.82, 2.24) is 10.6 Å². The summed E-state index contributed by atoms with van der Waals surface area (Å²) in [7, 11) is 0. The molecule has 2 aromatic rings. The van der Waals surface area contributed by atoms with Gasteiger partial charge in [-0.05, 0) is 49.4 Å². The largest absolute Gasteiger partial charge is 0.489 e. The molecule has 4 nitrogen and oxygen atoms in total. The Bertz CT molecular complexity index is 803. The summed E-state index contributed by atoms with van der Waals surface area (Å²) in [6.45, 7) is 0.410. The number of piperidine rings is 1. The molecule has 2 heterocycles. The molecule has 2 aliphatic heterocycles. The summed E-state index contributed by atoms with van der Waals surface area (Å²) < 4.78 is 5.86. The first-order valence-electron chi connectivity index (χ1n) is 9.66. The Kier molecular flexibility index (Phi) is 7.22. The number of ether oxygens (including phenoxy) is 1. The SMILES string of the molecule is Cl.O=C(Cc1cccc(OCc2ccccc2Cl)c1)NC1CC2CCC(C1)N2. The molecule has 28 heavy (non-hydrogen) atoms. The fraction of sp³-hybridized carbons (Fsp3) is 0.409. The number of carbonyl (C=O) groups excluding carboxylic acids is 1. The fourth-order valence-corrected chi connectivity index (χ4v) is 4.35. The number of hydrogen-bond donors (Lipinski definition) is 2. The Labute approximate surface area is 177 Å². The summed E-state index contributed by atoms with van der Waals surface area (Å²) in [5.74, 6) is 0.838. The third-order valence-electron chi connectivity index (χ3n) is 5.45. The van der Waals surface area contributed by atoms with Crippen LogP contribution in [0.2, 0.25) is 5.02 Å². The molecule has 0 aromatic heterocycles. The molecule has 2 bridgehead atoms. The predicted molar refractivity (Wildman–Crippen MR) is 114 cm³/mol. The van der Waals surface area contributed by atoms with E-state index in [0.29, 0.717) is 36.2 Å². The standard InChI is InChI=1S/C22H25ClN2O2.ClH/c23-21-7-2-1-5-16(21)14-27-20-6-3-4-15(10-20)11-22(26)25-19-12-17-8-9-18(13-19)24-17;/h1-7,10,17-19,24H,8-9,11-14H2,(H,25,26);1H. The van der Waals surface area contributed by atoms with E-state index in [0.717, 1.165) is 29.7 Å². The molecule has 0 spiro atoms. The van der Waals surface area contributed by atoms with E-state index < -0.39 is 0 Å². The molecule has 6 heteroatoms. The van der Waals surface area contributed by atoms with Crippen LogP contribution in [0.15, 0.2) is 48.5 Å². The number of carbonyl (C=O) groups is 1. The minimum absolute atomic E-state index is 0. The van der Waals surface area contributed by atoms with Crippen molar-refractivity contribution in [3.8, 4) is 5.75 Å². The highest BCUT2D eigenvalue weighted by Gasteiger charge is 2.33. The van der Waals surface area contributed by atoms with E-state index in [1.165, 1.54) is 12.8 Å². The van der Waals surface area contributed by atoms with E-state index in [1.54, 1.807) is 0 Å². The summed E-state index contributed by atoms with van der Waals surface area (Å²) in [5.41, 5.74) is 1.91. The monoisotopic (exact) mass is 420 g/mol. The predicted octanol–water partition coefficient (Wildman–Crippen LogP) is 4.28. The van der Waals surface area contributed by atoms with Crippen LogP contribution in [-0.4, -0.2) is 24.0 Å². The molecule has 0 aliphatic carbocycles. The number of benzene rings is 2. The summed E-state index contributed by atoms with van der Waals surface area (Å²) in [6.07, 6.45) is 4.94. The van der Waals surface area contributed by atoms with Gasteiger partial charge in [-0.3, -0.25) is 4.79 Å². The first-order valence-corrected chi connectivity index (χ1v) is 10.0. The third-order valence-corrected chi connectivity index (χ3v) is 5.82. The number of rotatable bonds is 6. The lowest BCUT2D eigenvalue weighted by atomic mass is 9.99. The van der Waals surface area contributed by atoms with Gasteiger partial charge in [0, 0.05) is 28.7 Å². The molecule has 4 rings (SSSR count). The van der Waals surface area contributed by atoms with Crippen LogP contribution in [-0.2, 0) is 17.8 Å². The lowest BCUT2D eigenvalue weighted by molar-refractivity contribution is -0.121. The third kappa shape index (κ3) is 5.40.